The molecule has 3 rings (SSSR count). The summed E-state index contributed by atoms with van der Waals surface area (Å²) in [6.07, 6.45) is 1.38. The fraction of sp³-hybridized carbons (Fsp3) is 0. The van der Waals surface area contributed by atoms with Gasteiger partial charge in [-0.05, 0) is 24.3 Å². The van der Waals surface area contributed by atoms with Crippen LogP contribution in [0.25, 0.3) is 20.7 Å². The van der Waals surface area contributed by atoms with Gasteiger partial charge in [0.15, 0.2) is 0 Å². The number of hydrogen-bond donors (Lipinski definition) is 0. The van der Waals surface area contributed by atoms with Crippen molar-refractivity contribution in [3.8, 4) is 10.4 Å². The number of fused-ring (bicyclic) bond motifs is 1. The number of nitrogens with zero attached hydrogens (tertiary/aromatic N) is 2. The Hall–Kier alpha value is -1.23. The molecule has 0 atom stereocenters. The second kappa shape index (κ2) is 4.46. The Morgan fingerprint density at radius 1 is 1.11 bits per heavy atom. The molecule has 0 fully saturated rings. The van der Waals surface area contributed by atoms with Gasteiger partial charge >= 0.3 is 0 Å². The van der Waals surface area contributed by atoms with Gasteiger partial charge in [-0.15, -0.1) is 11.3 Å². The molecule has 2 heterocycles. The van der Waals surface area contributed by atoms with E-state index in [1.54, 1.807) is 12.1 Å². The van der Waals surface area contributed by atoms with Crippen molar-refractivity contribution in [3.05, 3.63) is 46.6 Å². The molecule has 0 unspecified atom stereocenters. The lowest BCUT2D eigenvalue weighted by atomic mass is 10.2. The van der Waals surface area contributed by atoms with Crippen molar-refractivity contribution in [1.29, 1.82) is 0 Å². The normalized spacial score (nSPS) is 11.1. The van der Waals surface area contributed by atoms with Gasteiger partial charge in [0, 0.05) is 15.5 Å². The summed E-state index contributed by atoms with van der Waals surface area (Å²) in [7, 11) is 0. The lowest BCUT2D eigenvalue weighted by Gasteiger charge is -1.99. The molecule has 3 aromatic rings. The van der Waals surface area contributed by atoms with Crippen LogP contribution in [0.5, 0.6) is 0 Å². The maximum absolute atomic E-state index is 13.8. The molecular weight excluding hydrogens is 294 g/mol. The minimum absolute atomic E-state index is 0.324. The number of halogens is 3. The number of hydrogen-bond acceptors (Lipinski definition) is 3. The summed E-state index contributed by atoms with van der Waals surface area (Å²) in [5.74, 6) is -0.324. The predicted molar refractivity (Wildman–Crippen MR) is 72.8 cm³/mol. The van der Waals surface area contributed by atoms with Gasteiger partial charge in [0.25, 0.3) is 0 Å². The largest absolute Gasteiger partial charge is 0.235 e. The van der Waals surface area contributed by atoms with Crippen molar-refractivity contribution in [2.75, 3.05) is 0 Å². The zero-order valence-electron chi connectivity index (χ0n) is 8.82. The van der Waals surface area contributed by atoms with Gasteiger partial charge in [0.05, 0.1) is 10.2 Å². The Morgan fingerprint density at radius 3 is 2.72 bits per heavy atom. The van der Waals surface area contributed by atoms with Crippen LogP contribution in [-0.2, 0) is 0 Å². The zero-order valence-corrected chi connectivity index (χ0v) is 11.2. The number of aromatic nitrogens is 2. The van der Waals surface area contributed by atoms with Crippen LogP contribution in [0.3, 0.4) is 0 Å². The zero-order chi connectivity index (χ0) is 12.7. The van der Waals surface area contributed by atoms with E-state index in [1.165, 1.54) is 29.8 Å². The van der Waals surface area contributed by atoms with Crippen molar-refractivity contribution in [2.45, 2.75) is 0 Å². The van der Waals surface area contributed by atoms with Crippen LogP contribution in [-0.4, -0.2) is 9.97 Å². The highest BCUT2D eigenvalue weighted by molar-refractivity contribution is 7.22. The minimum Gasteiger partial charge on any atom is -0.235 e. The molecule has 0 N–H and O–H groups in total. The Kier molecular flexibility index (Phi) is 2.93. The standard InChI is InChI=1S/C12H5Cl2FN2S/c13-6-1-2-8(15)7(3-6)10-4-9-11(18-10)12(14)17-5-16-9/h1-5H. The molecule has 0 aliphatic heterocycles. The van der Waals surface area contributed by atoms with E-state index < -0.39 is 0 Å². The van der Waals surface area contributed by atoms with E-state index in [0.29, 0.717) is 21.3 Å². The summed E-state index contributed by atoms with van der Waals surface area (Å²) in [6, 6.07) is 6.22. The number of benzene rings is 1. The van der Waals surface area contributed by atoms with Crippen molar-refractivity contribution >= 4 is 44.8 Å². The monoisotopic (exact) mass is 298 g/mol. The third-order valence-electron chi connectivity index (χ3n) is 2.46. The summed E-state index contributed by atoms with van der Waals surface area (Å²) in [6.45, 7) is 0. The molecule has 2 aromatic heterocycles. The summed E-state index contributed by atoms with van der Waals surface area (Å²) in [4.78, 5) is 8.73. The van der Waals surface area contributed by atoms with Crippen molar-refractivity contribution in [2.24, 2.45) is 0 Å². The first kappa shape index (κ1) is 11.8. The van der Waals surface area contributed by atoms with Gasteiger partial charge in [-0.1, -0.05) is 23.2 Å². The van der Waals surface area contributed by atoms with Crippen LogP contribution in [0.2, 0.25) is 10.2 Å². The molecule has 0 aliphatic rings. The van der Waals surface area contributed by atoms with E-state index >= 15 is 0 Å². The Bertz CT molecular complexity index is 742. The fourth-order valence-corrected chi connectivity index (χ4v) is 3.08. The third kappa shape index (κ3) is 1.96. The van der Waals surface area contributed by atoms with E-state index in [9.17, 15) is 4.39 Å². The molecule has 0 radical (unpaired) electrons. The van der Waals surface area contributed by atoms with Crippen molar-refractivity contribution in [3.63, 3.8) is 0 Å². The molecule has 18 heavy (non-hydrogen) atoms. The smallest absolute Gasteiger partial charge is 0.150 e. The van der Waals surface area contributed by atoms with Crippen LogP contribution < -0.4 is 0 Å². The van der Waals surface area contributed by atoms with E-state index in [-0.39, 0.29) is 5.82 Å². The van der Waals surface area contributed by atoms with Crippen molar-refractivity contribution < 1.29 is 4.39 Å². The summed E-state index contributed by atoms with van der Waals surface area (Å²) < 4.78 is 14.5. The Balaban J connectivity index is 2.26. The van der Waals surface area contributed by atoms with Crippen LogP contribution in [0.4, 0.5) is 4.39 Å². The topological polar surface area (TPSA) is 25.8 Å². The van der Waals surface area contributed by atoms with E-state index in [1.807, 2.05) is 0 Å². The van der Waals surface area contributed by atoms with E-state index in [4.69, 9.17) is 23.2 Å². The van der Waals surface area contributed by atoms with Gasteiger partial charge in [-0.25, -0.2) is 14.4 Å². The second-order valence-corrected chi connectivity index (χ2v) is 5.46. The number of thiophene rings is 1. The van der Waals surface area contributed by atoms with E-state index in [2.05, 4.69) is 9.97 Å². The molecule has 1 aromatic carbocycles. The molecule has 0 saturated heterocycles. The molecule has 0 bridgehead atoms. The SMILES string of the molecule is Fc1ccc(Cl)cc1-c1cc2ncnc(Cl)c2s1. The molecule has 0 spiro atoms. The average molecular weight is 299 g/mol. The molecule has 6 heteroatoms. The fourth-order valence-electron chi connectivity index (χ4n) is 1.64. The van der Waals surface area contributed by atoms with Crippen LogP contribution in [0.1, 0.15) is 0 Å². The first-order chi connectivity index (χ1) is 8.65. The van der Waals surface area contributed by atoms with Crippen molar-refractivity contribution in [1.82, 2.24) is 9.97 Å². The molecule has 0 aliphatic carbocycles. The van der Waals surface area contributed by atoms with Crippen LogP contribution in [0.15, 0.2) is 30.6 Å². The maximum atomic E-state index is 13.8. The average Bonchev–Trinajstić information content (AvgIpc) is 2.77. The molecule has 2 nitrogen and oxygen atoms in total. The maximum Gasteiger partial charge on any atom is 0.150 e. The van der Waals surface area contributed by atoms with E-state index in [0.717, 1.165) is 9.58 Å². The predicted octanol–water partition coefficient (Wildman–Crippen LogP) is 4.80. The lowest BCUT2D eigenvalue weighted by Crippen LogP contribution is -1.80. The Labute approximate surface area is 116 Å². The molecule has 0 saturated carbocycles. The first-order valence-electron chi connectivity index (χ1n) is 5.00. The summed E-state index contributed by atoms with van der Waals surface area (Å²) in [5.41, 5.74) is 1.15. The second-order valence-electron chi connectivity index (χ2n) is 3.61. The van der Waals surface area contributed by atoms with Gasteiger partial charge in [-0.2, -0.15) is 0 Å². The first-order valence-corrected chi connectivity index (χ1v) is 6.58. The summed E-state index contributed by atoms with van der Waals surface area (Å²) in [5, 5.41) is 0.861. The quantitative estimate of drug-likeness (QED) is 0.603. The van der Waals surface area contributed by atoms with Gasteiger partial charge < -0.3 is 0 Å². The van der Waals surface area contributed by atoms with Gasteiger partial charge in [0.1, 0.15) is 17.3 Å². The van der Waals surface area contributed by atoms with Crippen LogP contribution in [0, 0.1) is 5.82 Å². The number of rotatable bonds is 1. The Morgan fingerprint density at radius 2 is 1.94 bits per heavy atom. The van der Waals surface area contributed by atoms with Gasteiger partial charge in [0.2, 0.25) is 0 Å². The highest BCUT2D eigenvalue weighted by atomic mass is 35.5. The summed E-state index contributed by atoms with van der Waals surface area (Å²) >= 11 is 13.2. The highest BCUT2D eigenvalue weighted by Crippen LogP contribution is 2.37. The molecular formula is C12H5Cl2FN2S. The highest BCUT2D eigenvalue weighted by Gasteiger charge is 2.12. The molecule has 90 valence electrons. The minimum atomic E-state index is -0.324. The van der Waals surface area contributed by atoms with Gasteiger partial charge in [-0.3, -0.25) is 0 Å². The van der Waals surface area contributed by atoms with Crippen LogP contribution >= 0.6 is 34.5 Å². The lowest BCUT2D eigenvalue weighted by molar-refractivity contribution is 0.632. The molecule has 0 amide bonds. The third-order valence-corrected chi connectivity index (χ3v) is 4.26.